The van der Waals surface area contributed by atoms with Crippen LogP contribution in [0.3, 0.4) is 0 Å². The Morgan fingerprint density at radius 1 is 1.60 bits per heavy atom. The molecule has 0 bridgehead atoms. The summed E-state index contributed by atoms with van der Waals surface area (Å²) in [6, 6.07) is 0.398. The minimum atomic E-state index is -0.174. The summed E-state index contributed by atoms with van der Waals surface area (Å²) in [7, 11) is 0. The molecule has 0 aliphatic carbocycles. The van der Waals surface area contributed by atoms with Crippen molar-refractivity contribution in [2.45, 2.75) is 39.5 Å². The van der Waals surface area contributed by atoms with Crippen molar-refractivity contribution in [3.8, 4) is 0 Å². The number of nitrogens with one attached hydrogen (secondary N) is 1. The lowest BCUT2D eigenvalue weighted by Gasteiger charge is -2.16. The molecular formula is C7H15NO2. The van der Waals surface area contributed by atoms with Crippen molar-refractivity contribution >= 4 is 6.47 Å². The van der Waals surface area contributed by atoms with Gasteiger partial charge in [0.05, 0.1) is 0 Å². The molecule has 0 amide bonds. The molecule has 2 atom stereocenters. The van der Waals surface area contributed by atoms with Crippen LogP contribution >= 0.6 is 0 Å². The van der Waals surface area contributed by atoms with Crippen molar-refractivity contribution in [1.29, 1.82) is 0 Å². The van der Waals surface area contributed by atoms with E-state index in [1.54, 1.807) is 6.92 Å². The average Bonchev–Trinajstić information content (AvgIpc) is 1.88. The van der Waals surface area contributed by atoms with Crippen LogP contribution in [0.15, 0.2) is 0 Å². The van der Waals surface area contributed by atoms with Crippen molar-refractivity contribution in [3.63, 3.8) is 0 Å². The van der Waals surface area contributed by atoms with Gasteiger partial charge in [0.15, 0.2) is 0 Å². The largest absolute Gasteiger partial charge is 0.449 e. The summed E-state index contributed by atoms with van der Waals surface area (Å²) in [5.41, 5.74) is 0. The van der Waals surface area contributed by atoms with Crippen molar-refractivity contribution in [2.75, 3.05) is 0 Å². The molecule has 0 saturated carbocycles. The fraction of sp³-hybridized carbons (Fsp3) is 0.857. The lowest BCUT2D eigenvalue weighted by Crippen LogP contribution is -2.35. The van der Waals surface area contributed by atoms with Crippen LogP contribution in [0.25, 0.3) is 0 Å². The Morgan fingerprint density at radius 3 is 2.60 bits per heavy atom. The van der Waals surface area contributed by atoms with Gasteiger partial charge in [0.2, 0.25) is 0 Å². The zero-order valence-corrected chi connectivity index (χ0v) is 6.76. The molecule has 3 heteroatoms. The van der Waals surface area contributed by atoms with Gasteiger partial charge in [0, 0.05) is 6.04 Å². The van der Waals surface area contributed by atoms with E-state index < -0.39 is 0 Å². The van der Waals surface area contributed by atoms with Crippen LogP contribution in [0.4, 0.5) is 0 Å². The minimum Gasteiger partial charge on any atom is -0.449 e. The Kier molecular flexibility index (Phi) is 4.94. The molecule has 0 saturated heterocycles. The molecule has 0 rings (SSSR count). The van der Waals surface area contributed by atoms with Crippen molar-refractivity contribution < 1.29 is 9.53 Å². The highest BCUT2D eigenvalue weighted by atomic mass is 16.5. The summed E-state index contributed by atoms with van der Waals surface area (Å²) < 4.78 is 4.62. The maximum Gasteiger partial charge on any atom is 0.294 e. The fourth-order valence-corrected chi connectivity index (χ4v) is 0.641. The summed E-state index contributed by atoms with van der Waals surface area (Å²) in [6.07, 6.45) is 0.861. The van der Waals surface area contributed by atoms with Crippen LogP contribution in [-0.2, 0) is 9.53 Å². The number of rotatable bonds is 5. The topological polar surface area (TPSA) is 38.3 Å². The van der Waals surface area contributed by atoms with Gasteiger partial charge in [-0.05, 0) is 20.3 Å². The molecule has 0 radical (unpaired) electrons. The van der Waals surface area contributed by atoms with Crippen LogP contribution in [0.5, 0.6) is 0 Å². The number of ether oxygens (including phenoxy) is 1. The van der Waals surface area contributed by atoms with E-state index >= 15 is 0 Å². The van der Waals surface area contributed by atoms with Gasteiger partial charge in [0.1, 0.15) is 6.23 Å². The normalized spacial score (nSPS) is 15.9. The SMILES string of the molecule is CCC(C)NC(C)OC=O. The highest BCUT2D eigenvalue weighted by Crippen LogP contribution is 1.91. The monoisotopic (exact) mass is 145 g/mol. The first-order valence-electron chi connectivity index (χ1n) is 3.55. The highest BCUT2D eigenvalue weighted by molar-refractivity contribution is 5.37. The van der Waals surface area contributed by atoms with Crippen LogP contribution in [0, 0.1) is 0 Å². The number of hydrogen-bond acceptors (Lipinski definition) is 3. The second-order valence-electron chi connectivity index (χ2n) is 2.35. The Balaban J connectivity index is 3.35. The standard InChI is InChI=1S/C7H15NO2/c1-4-6(2)8-7(3)10-5-9/h5-8H,4H2,1-3H3. The number of carbonyl (C=O) groups is 1. The molecule has 60 valence electrons. The number of hydrogen-bond donors (Lipinski definition) is 1. The molecule has 3 nitrogen and oxygen atoms in total. The Bertz CT molecular complexity index is 95.6. The van der Waals surface area contributed by atoms with E-state index in [2.05, 4.69) is 17.0 Å². The predicted octanol–water partition coefficient (Wildman–Crippen LogP) is 0.893. The van der Waals surface area contributed by atoms with Gasteiger partial charge >= 0.3 is 0 Å². The first-order chi connectivity index (χ1) is 4.70. The molecule has 0 aromatic rings. The fourth-order valence-electron chi connectivity index (χ4n) is 0.641. The van der Waals surface area contributed by atoms with Gasteiger partial charge in [-0.3, -0.25) is 10.1 Å². The second kappa shape index (κ2) is 5.23. The maximum absolute atomic E-state index is 9.82. The lowest BCUT2D eigenvalue weighted by molar-refractivity contribution is -0.134. The third-order valence-corrected chi connectivity index (χ3v) is 1.39. The van der Waals surface area contributed by atoms with Crippen LogP contribution in [0.1, 0.15) is 27.2 Å². The van der Waals surface area contributed by atoms with Gasteiger partial charge < -0.3 is 4.74 Å². The summed E-state index contributed by atoms with van der Waals surface area (Å²) in [4.78, 5) is 9.82. The van der Waals surface area contributed by atoms with Gasteiger partial charge in [-0.25, -0.2) is 0 Å². The molecule has 2 unspecified atom stereocenters. The van der Waals surface area contributed by atoms with Crippen molar-refractivity contribution in [2.24, 2.45) is 0 Å². The molecule has 10 heavy (non-hydrogen) atoms. The van der Waals surface area contributed by atoms with E-state index in [4.69, 9.17) is 0 Å². The quantitative estimate of drug-likeness (QED) is 0.461. The Morgan fingerprint density at radius 2 is 2.20 bits per heavy atom. The van der Waals surface area contributed by atoms with Crippen LogP contribution in [0.2, 0.25) is 0 Å². The Labute approximate surface area is 61.8 Å². The first kappa shape index (κ1) is 9.43. The summed E-state index contributed by atoms with van der Waals surface area (Å²) >= 11 is 0. The van der Waals surface area contributed by atoms with E-state index in [1.165, 1.54) is 0 Å². The second-order valence-corrected chi connectivity index (χ2v) is 2.35. The zero-order chi connectivity index (χ0) is 7.98. The summed E-state index contributed by atoms with van der Waals surface area (Å²) in [5.74, 6) is 0. The highest BCUT2D eigenvalue weighted by Gasteiger charge is 2.03. The van der Waals surface area contributed by atoms with Crippen molar-refractivity contribution in [1.82, 2.24) is 5.32 Å². The van der Waals surface area contributed by atoms with Gasteiger partial charge in [-0.15, -0.1) is 0 Å². The van der Waals surface area contributed by atoms with Crippen LogP contribution < -0.4 is 5.32 Å². The maximum atomic E-state index is 9.82. The predicted molar refractivity (Wildman–Crippen MR) is 39.5 cm³/mol. The van der Waals surface area contributed by atoms with Gasteiger partial charge in [-0.2, -0.15) is 0 Å². The summed E-state index contributed by atoms with van der Waals surface area (Å²) in [6.45, 7) is 6.39. The molecule has 1 N–H and O–H groups in total. The molecule has 0 aromatic carbocycles. The molecule has 0 spiro atoms. The van der Waals surface area contributed by atoms with Gasteiger partial charge in [0.25, 0.3) is 6.47 Å². The lowest BCUT2D eigenvalue weighted by atomic mass is 10.2. The summed E-state index contributed by atoms with van der Waals surface area (Å²) in [5, 5.41) is 3.08. The van der Waals surface area contributed by atoms with E-state index in [0.717, 1.165) is 6.42 Å². The van der Waals surface area contributed by atoms with E-state index in [-0.39, 0.29) is 6.23 Å². The number of carbonyl (C=O) groups excluding carboxylic acids is 1. The third-order valence-electron chi connectivity index (χ3n) is 1.39. The first-order valence-corrected chi connectivity index (χ1v) is 3.55. The Hall–Kier alpha value is -0.570. The molecule has 0 aliphatic rings. The minimum absolute atomic E-state index is 0.174. The van der Waals surface area contributed by atoms with E-state index in [1.807, 2.05) is 6.92 Å². The average molecular weight is 145 g/mol. The molecule has 0 heterocycles. The smallest absolute Gasteiger partial charge is 0.294 e. The molecule has 0 aliphatic heterocycles. The van der Waals surface area contributed by atoms with E-state index in [0.29, 0.717) is 12.5 Å². The molecule has 0 fully saturated rings. The van der Waals surface area contributed by atoms with Crippen LogP contribution in [-0.4, -0.2) is 18.7 Å². The van der Waals surface area contributed by atoms with E-state index in [9.17, 15) is 4.79 Å². The zero-order valence-electron chi connectivity index (χ0n) is 6.76. The molecular weight excluding hydrogens is 130 g/mol. The van der Waals surface area contributed by atoms with Crippen molar-refractivity contribution in [3.05, 3.63) is 0 Å². The third kappa shape index (κ3) is 4.32. The van der Waals surface area contributed by atoms with Gasteiger partial charge in [-0.1, -0.05) is 6.92 Å². The molecule has 0 aromatic heterocycles.